The Morgan fingerprint density at radius 2 is 2.35 bits per heavy atom. The van der Waals surface area contributed by atoms with Gasteiger partial charge in [0.1, 0.15) is 5.56 Å². The van der Waals surface area contributed by atoms with Gasteiger partial charge in [0.05, 0.1) is 18.5 Å². The number of nitro groups is 1. The Hall–Kier alpha value is -2.70. The molecule has 0 saturated heterocycles. The molecule has 1 aromatic rings. The topological polar surface area (TPSA) is 98.1 Å². The molecule has 0 aliphatic heterocycles. The Bertz CT molecular complexity index is 613. The van der Waals surface area contributed by atoms with Gasteiger partial charge in [-0.1, -0.05) is 12.2 Å². The summed E-state index contributed by atoms with van der Waals surface area (Å²) in [6.45, 7) is 1.98. The molecule has 1 aliphatic carbocycles. The molecule has 7 heteroatoms. The number of hydrogen-bond donors (Lipinski definition) is 1. The second-order valence-electron chi connectivity index (χ2n) is 4.02. The van der Waals surface area contributed by atoms with Gasteiger partial charge in [-0.25, -0.2) is 4.79 Å². The van der Waals surface area contributed by atoms with Crippen molar-refractivity contribution >= 4 is 11.5 Å². The van der Waals surface area contributed by atoms with Crippen LogP contribution in [0.2, 0.25) is 0 Å². The molecule has 0 spiro atoms. The summed E-state index contributed by atoms with van der Waals surface area (Å²) in [7, 11) is 0. The molecule has 0 radical (unpaired) electrons. The Morgan fingerprint density at radius 3 is 3.05 bits per heavy atom. The molecule has 0 amide bonds. The van der Waals surface area contributed by atoms with Crippen LogP contribution in [-0.4, -0.2) is 33.7 Å². The number of aromatic amines is 1. The van der Waals surface area contributed by atoms with Gasteiger partial charge in [-0.3, -0.25) is 15.2 Å². The Morgan fingerprint density at radius 1 is 1.55 bits per heavy atom. The number of H-pyrrole nitrogens is 1. The molecule has 0 fully saturated rings. The largest absolute Gasteiger partial charge is 0.462 e. The summed E-state index contributed by atoms with van der Waals surface area (Å²) in [4.78, 5) is 22.1. The normalized spacial score (nSPS) is 17.4. The first kappa shape index (κ1) is 13.7. The number of ether oxygens (including phenoxy) is 1. The predicted molar refractivity (Wildman–Crippen MR) is 71.6 cm³/mol. The molecule has 1 aliphatic rings. The molecule has 1 N–H and O–H groups in total. The van der Waals surface area contributed by atoms with Crippen LogP contribution in [0.1, 0.15) is 23.0 Å². The van der Waals surface area contributed by atoms with Gasteiger partial charge in [-0.2, -0.15) is 5.10 Å². The molecule has 1 atom stereocenters. The molecule has 7 nitrogen and oxygen atoms in total. The van der Waals surface area contributed by atoms with Gasteiger partial charge in [0, 0.05) is 10.5 Å². The average molecular weight is 275 g/mol. The van der Waals surface area contributed by atoms with Gasteiger partial charge >= 0.3 is 5.97 Å². The monoisotopic (exact) mass is 275 g/mol. The molecule has 1 aromatic heterocycles. The van der Waals surface area contributed by atoms with E-state index >= 15 is 0 Å². The first-order valence-corrected chi connectivity index (χ1v) is 6.04. The number of hydrogen-bond acceptors (Lipinski definition) is 5. The lowest BCUT2D eigenvalue weighted by Crippen LogP contribution is -2.12. The number of nitrogens with one attached hydrogen (secondary N) is 1. The van der Waals surface area contributed by atoms with Crippen molar-refractivity contribution in [3.8, 4) is 0 Å². The van der Waals surface area contributed by atoms with Crippen LogP contribution in [0, 0.1) is 10.1 Å². The average Bonchev–Trinajstić information content (AvgIpc) is 2.76. The fourth-order valence-corrected chi connectivity index (χ4v) is 1.77. The molecule has 20 heavy (non-hydrogen) atoms. The highest BCUT2D eigenvalue weighted by Gasteiger charge is 2.19. The van der Waals surface area contributed by atoms with Gasteiger partial charge in [-0.05, 0) is 25.2 Å². The van der Waals surface area contributed by atoms with E-state index < -0.39 is 16.9 Å². The molecule has 0 aromatic carbocycles. The minimum Gasteiger partial charge on any atom is -0.462 e. The number of nitrogens with zero attached hydrogens (tertiary/aromatic N) is 2. The molecule has 0 saturated carbocycles. The predicted octanol–water partition coefficient (Wildman–Crippen LogP) is 1.74. The van der Waals surface area contributed by atoms with E-state index in [0.717, 1.165) is 0 Å². The van der Waals surface area contributed by atoms with Crippen molar-refractivity contribution in [2.45, 2.75) is 13.0 Å². The molecule has 1 unspecified atom stereocenters. The van der Waals surface area contributed by atoms with E-state index in [-0.39, 0.29) is 6.61 Å². The second-order valence-corrected chi connectivity index (χ2v) is 4.02. The quantitative estimate of drug-likeness (QED) is 0.512. The number of allylic oxidation sites excluding steroid dienone is 4. The maximum Gasteiger partial charge on any atom is 0.341 e. The summed E-state index contributed by atoms with van der Waals surface area (Å²) in [5.41, 5.74) is 1.41. The maximum atomic E-state index is 11.8. The van der Waals surface area contributed by atoms with Crippen molar-refractivity contribution < 1.29 is 14.5 Å². The van der Waals surface area contributed by atoms with Gasteiger partial charge in [0.15, 0.2) is 0 Å². The van der Waals surface area contributed by atoms with Crippen LogP contribution in [0.3, 0.4) is 0 Å². The van der Waals surface area contributed by atoms with Gasteiger partial charge in [0.2, 0.25) is 6.04 Å². The molecular weight excluding hydrogens is 262 g/mol. The van der Waals surface area contributed by atoms with Crippen molar-refractivity contribution in [3.63, 3.8) is 0 Å². The number of esters is 1. The highest BCUT2D eigenvalue weighted by molar-refractivity contribution is 5.95. The van der Waals surface area contributed by atoms with Gasteiger partial charge in [-0.15, -0.1) is 0 Å². The third kappa shape index (κ3) is 2.82. The van der Waals surface area contributed by atoms with Crippen LogP contribution in [-0.2, 0) is 4.74 Å². The van der Waals surface area contributed by atoms with Crippen LogP contribution < -0.4 is 0 Å². The van der Waals surface area contributed by atoms with Crippen LogP contribution in [0.5, 0.6) is 0 Å². The molecule has 0 bridgehead atoms. The zero-order valence-electron chi connectivity index (χ0n) is 10.8. The lowest BCUT2D eigenvalue weighted by molar-refractivity contribution is -0.496. The number of carbonyl (C=O) groups excluding carboxylic acids is 1. The van der Waals surface area contributed by atoms with Crippen molar-refractivity contribution in [2.24, 2.45) is 0 Å². The standard InChI is InChI=1S/C13H13N3O4/c1-2-20-13(17)11-8-14-15-12(11)9-4-3-5-10(7-6-9)16(18)19/h3-8,10H,2H2,1H3,(H,14,15). The van der Waals surface area contributed by atoms with E-state index in [1.54, 1.807) is 25.2 Å². The maximum absolute atomic E-state index is 11.8. The van der Waals surface area contributed by atoms with Crippen LogP contribution in [0.25, 0.3) is 5.57 Å². The number of rotatable bonds is 4. The fourth-order valence-electron chi connectivity index (χ4n) is 1.77. The SMILES string of the molecule is CCOC(=O)c1cn[nH]c1C1=CC=CC([N+](=O)[O-])C=C1. The molecule has 104 valence electrons. The minimum atomic E-state index is -0.877. The van der Waals surface area contributed by atoms with Crippen LogP contribution in [0.15, 0.2) is 36.6 Å². The summed E-state index contributed by atoms with van der Waals surface area (Å²) in [6, 6.07) is -0.877. The third-order valence-corrected chi connectivity index (χ3v) is 2.72. The van der Waals surface area contributed by atoms with Crippen molar-refractivity contribution in [2.75, 3.05) is 6.61 Å². The molecule has 1 heterocycles. The van der Waals surface area contributed by atoms with E-state index in [2.05, 4.69) is 10.2 Å². The molecular formula is C13H13N3O4. The first-order valence-electron chi connectivity index (χ1n) is 6.04. The Labute approximate surface area is 114 Å². The summed E-state index contributed by atoms with van der Waals surface area (Å²) < 4.78 is 4.93. The van der Waals surface area contributed by atoms with Crippen molar-refractivity contribution in [1.82, 2.24) is 10.2 Å². The summed E-state index contributed by atoms with van der Waals surface area (Å²) >= 11 is 0. The third-order valence-electron chi connectivity index (χ3n) is 2.72. The minimum absolute atomic E-state index is 0.266. The second kappa shape index (κ2) is 5.96. The summed E-state index contributed by atoms with van der Waals surface area (Å²) in [5, 5.41) is 17.3. The van der Waals surface area contributed by atoms with Crippen LogP contribution >= 0.6 is 0 Å². The highest BCUT2D eigenvalue weighted by atomic mass is 16.6. The Kier molecular flexibility index (Phi) is 4.09. The lowest BCUT2D eigenvalue weighted by atomic mass is 10.1. The fraction of sp³-hybridized carbons (Fsp3) is 0.231. The van der Waals surface area contributed by atoms with Crippen LogP contribution in [0.4, 0.5) is 0 Å². The zero-order valence-corrected chi connectivity index (χ0v) is 10.8. The number of aromatic nitrogens is 2. The van der Waals surface area contributed by atoms with E-state index in [1.807, 2.05) is 0 Å². The van der Waals surface area contributed by atoms with E-state index in [0.29, 0.717) is 16.8 Å². The number of carbonyl (C=O) groups is 1. The lowest BCUT2D eigenvalue weighted by Gasteiger charge is -2.03. The highest BCUT2D eigenvalue weighted by Crippen LogP contribution is 2.21. The summed E-state index contributed by atoms with van der Waals surface area (Å²) in [5.74, 6) is -0.482. The summed E-state index contributed by atoms with van der Waals surface area (Å²) in [6.07, 6.45) is 9.13. The van der Waals surface area contributed by atoms with E-state index in [4.69, 9.17) is 4.74 Å². The zero-order chi connectivity index (χ0) is 14.5. The van der Waals surface area contributed by atoms with Crippen molar-refractivity contribution in [1.29, 1.82) is 0 Å². The Balaban J connectivity index is 2.30. The first-order chi connectivity index (χ1) is 9.63. The van der Waals surface area contributed by atoms with E-state index in [1.165, 1.54) is 18.3 Å². The van der Waals surface area contributed by atoms with Crippen molar-refractivity contribution in [3.05, 3.63) is 57.9 Å². The smallest absolute Gasteiger partial charge is 0.341 e. The van der Waals surface area contributed by atoms with E-state index in [9.17, 15) is 14.9 Å². The van der Waals surface area contributed by atoms with Gasteiger partial charge < -0.3 is 4.74 Å². The van der Waals surface area contributed by atoms with Gasteiger partial charge in [0.25, 0.3) is 0 Å². The molecule has 2 rings (SSSR count).